The zero-order chi connectivity index (χ0) is 24.4. The molecule has 3 N–H and O–H groups in total. The minimum absolute atomic E-state index is 0.104. The van der Waals surface area contributed by atoms with Gasteiger partial charge in [-0.3, -0.25) is 4.72 Å². The first kappa shape index (κ1) is 24.0. The first-order chi connectivity index (χ1) is 15.4. The average Bonchev–Trinajstić information content (AvgIpc) is 2.74. The normalized spacial score (nSPS) is 11.9. The summed E-state index contributed by atoms with van der Waals surface area (Å²) < 4.78 is 110. The topological polar surface area (TPSA) is 120 Å². The van der Waals surface area contributed by atoms with Crippen LogP contribution < -0.4 is 15.2 Å². The number of anilines is 2. The molecule has 15 heteroatoms. The Labute approximate surface area is 182 Å². The summed E-state index contributed by atoms with van der Waals surface area (Å²) >= 11 is 0. The van der Waals surface area contributed by atoms with Crippen molar-refractivity contribution >= 4 is 21.7 Å². The number of rotatable bonds is 7. The fraction of sp³-hybridized carbons (Fsp3) is 0.167. The van der Waals surface area contributed by atoms with Gasteiger partial charge >= 0.3 is 6.18 Å². The second-order valence-electron chi connectivity index (χ2n) is 6.40. The number of pyridine rings is 1. The summed E-state index contributed by atoms with van der Waals surface area (Å²) in [6.07, 6.45) is -4.06. The van der Waals surface area contributed by atoms with Gasteiger partial charge in [-0.05, 0) is 18.2 Å². The zero-order valence-electron chi connectivity index (χ0n) is 16.2. The number of hydrogen-bond donors (Lipinski definition) is 2. The van der Waals surface area contributed by atoms with Crippen LogP contribution in [0.15, 0.2) is 36.7 Å². The lowest BCUT2D eigenvalue weighted by molar-refractivity contribution is -0.129. The summed E-state index contributed by atoms with van der Waals surface area (Å²) in [5.41, 5.74) is 4.37. The second kappa shape index (κ2) is 9.09. The standard InChI is InChI=1S/C18H13F6N5O3S/c19-10-8-12(13(20)14(21)15(10)29-33(30,31)7-4-18(22,23)24)32-16-9(2-1-5-26-16)11-3-6-27-17(25)28-11/h1-3,5-6,8,29H,4,7H2,(H2,25,27,28). The molecule has 2 heterocycles. The molecule has 0 aliphatic carbocycles. The van der Waals surface area contributed by atoms with E-state index in [9.17, 15) is 34.8 Å². The van der Waals surface area contributed by atoms with E-state index in [1.165, 1.54) is 35.3 Å². The van der Waals surface area contributed by atoms with Gasteiger partial charge in [-0.1, -0.05) is 0 Å². The fourth-order valence-electron chi connectivity index (χ4n) is 2.49. The van der Waals surface area contributed by atoms with Crippen LogP contribution in [0.1, 0.15) is 6.42 Å². The summed E-state index contributed by atoms with van der Waals surface area (Å²) in [5.74, 6) is -8.43. The molecule has 0 saturated heterocycles. The number of ether oxygens (including phenoxy) is 1. The van der Waals surface area contributed by atoms with E-state index in [2.05, 4.69) is 15.0 Å². The molecular weight excluding hydrogens is 480 g/mol. The summed E-state index contributed by atoms with van der Waals surface area (Å²) in [6.45, 7) is 0. The third-order valence-electron chi connectivity index (χ3n) is 3.96. The zero-order valence-corrected chi connectivity index (χ0v) is 17.0. The van der Waals surface area contributed by atoms with Crippen LogP contribution in [-0.4, -0.2) is 35.3 Å². The van der Waals surface area contributed by atoms with Crippen molar-refractivity contribution in [2.45, 2.75) is 12.6 Å². The minimum atomic E-state index is -4.84. The molecular formula is C18H13F6N5O3S. The van der Waals surface area contributed by atoms with Gasteiger partial charge in [-0.2, -0.15) is 17.6 Å². The number of hydrogen-bond acceptors (Lipinski definition) is 7. The predicted molar refractivity (Wildman–Crippen MR) is 104 cm³/mol. The number of alkyl halides is 3. The van der Waals surface area contributed by atoms with Crippen LogP contribution in [0.3, 0.4) is 0 Å². The number of nitrogen functional groups attached to an aromatic ring is 1. The molecule has 0 aliphatic heterocycles. The molecule has 33 heavy (non-hydrogen) atoms. The summed E-state index contributed by atoms with van der Waals surface area (Å²) in [4.78, 5) is 11.5. The Morgan fingerprint density at radius 3 is 2.45 bits per heavy atom. The molecule has 1 aromatic carbocycles. The molecule has 0 radical (unpaired) electrons. The number of nitrogens with two attached hydrogens (primary N) is 1. The molecule has 3 aromatic rings. The van der Waals surface area contributed by atoms with Crippen molar-refractivity contribution in [1.82, 2.24) is 15.0 Å². The van der Waals surface area contributed by atoms with Crippen molar-refractivity contribution in [1.29, 1.82) is 0 Å². The Hall–Kier alpha value is -3.62. The number of sulfonamides is 1. The highest BCUT2D eigenvalue weighted by Gasteiger charge is 2.31. The van der Waals surface area contributed by atoms with Gasteiger partial charge in [-0.15, -0.1) is 0 Å². The quantitative estimate of drug-likeness (QED) is 0.377. The maximum absolute atomic E-state index is 14.5. The Morgan fingerprint density at radius 2 is 1.79 bits per heavy atom. The molecule has 0 amide bonds. The largest absolute Gasteiger partial charge is 0.435 e. The Kier molecular flexibility index (Phi) is 6.62. The molecule has 176 valence electrons. The van der Waals surface area contributed by atoms with E-state index in [0.29, 0.717) is 6.07 Å². The van der Waals surface area contributed by atoms with E-state index in [1.54, 1.807) is 0 Å². The second-order valence-corrected chi connectivity index (χ2v) is 8.25. The number of aromatic nitrogens is 3. The third-order valence-corrected chi connectivity index (χ3v) is 5.22. The van der Waals surface area contributed by atoms with E-state index in [4.69, 9.17) is 10.5 Å². The van der Waals surface area contributed by atoms with Gasteiger partial charge in [0.2, 0.25) is 27.7 Å². The summed E-state index contributed by atoms with van der Waals surface area (Å²) in [6, 6.07) is 4.64. The maximum atomic E-state index is 14.5. The summed E-state index contributed by atoms with van der Waals surface area (Å²) in [7, 11) is -4.84. The number of benzene rings is 1. The Balaban J connectivity index is 1.92. The van der Waals surface area contributed by atoms with Gasteiger partial charge in [0.05, 0.1) is 23.4 Å². The van der Waals surface area contributed by atoms with E-state index >= 15 is 0 Å². The lowest BCUT2D eigenvalue weighted by atomic mass is 10.2. The molecule has 0 fully saturated rings. The molecule has 3 rings (SSSR count). The third kappa shape index (κ3) is 6.00. The Bertz CT molecular complexity index is 1290. The molecule has 0 aliphatic rings. The smallest absolute Gasteiger partial charge is 0.390 e. The molecule has 0 bridgehead atoms. The molecule has 8 nitrogen and oxygen atoms in total. The number of nitrogens with zero attached hydrogens (tertiary/aromatic N) is 3. The lowest BCUT2D eigenvalue weighted by Gasteiger charge is -2.14. The Morgan fingerprint density at radius 1 is 1.06 bits per heavy atom. The molecule has 0 saturated carbocycles. The predicted octanol–water partition coefficient (Wildman–Crippen LogP) is 4.02. The van der Waals surface area contributed by atoms with E-state index in [-0.39, 0.29) is 23.1 Å². The SMILES string of the molecule is Nc1nccc(-c2cccnc2Oc2cc(F)c(NS(=O)(=O)CCC(F)(F)F)c(F)c2F)n1. The average molecular weight is 493 g/mol. The van der Waals surface area contributed by atoms with Crippen LogP contribution in [0.4, 0.5) is 38.0 Å². The first-order valence-corrected chi connectivity index (χ1v) is 10.5. The van der Waals surface area contributed by atoms with Crippen molar-refractivity contribution in [3.8, 4) is 22.9 Å². The minimum Gasteiger partial charge on any atom is -0.435 e. The highest BCUT2D eigenvalue weighted by atomic mass is 32.2. The highest BCUT2D eigenvalue weighted by Crippen LogP contribution is 2.35. The number of halogens is 6. The van der Waals surface area contributed by atoms with Gasteiger partial charge < -0.3 is 10.5 Å². The van der Waals surface area contributed by atoms with Crippen molar-refractivity contribution in [2.24, 2.45) is 0 Å². The van der Waals surface area contributed by atoms with Crippen molar-refractivity contribution in [3.63, 3.8) is 0 Å². The van der Waals surface area contributed by atoms with Crippen LogP contribution >= 0.6 is 0 Å². The molecule has 0 spiro atoms. The molecule has 0 unspecified atom stereocenters. The van der Waals surface area contributed by atoms with Crippen LogP contribution in [0.25, 0.3) is 11.3 Å². The van der Waals surface area contributed by atoms with E-state index in [1.807, 2.05) is 0 Å². The number of nitrogens with one attached hydrogen (secondary N) is 1. The van der Waals surface area contributed by atoms with Crippen LogP contribution in [-0.2, 0) is 10.0 Å². The van der Waals surface area contributed by atoms with Crippen LogP contribution in [0.5, 0.6) is 11.6 Å². The molecule has 0 atom stereocenters. The fourth-order valence-corrected chi connectivity index (χ4v) is 3.59. The first-order valence-electron chi connectivity index (χ1n) is 8.83. The van der Waals surface area contributed by atoms with Crippen LogP contribution in [0.2, 0.25) is 0 Å². The van der Waals surface area contributed by atoms with Crippen molar-refractivity contribution in [3.05, 3.63) is 54.1 Å². The van der Waals surface area contributed by atoms with Gasteiger partial charge in [0.15, 0.2) is 17.4 Å². The van der Waals surface area contributed by atoms with Crippen LogP contribution in [0, 0.1) is 17.5 Å². The van der Waals surface area contributed by atoms with Gasteiger partial charge in [0.1, 0.15) is 5.69 Å². The molecule has 2 aromatic heterocycles. The van der Waals surface area contributed by atoms with Gasteiger partial charge in [0, 0.05) is 18.5 Å². The van der Waals surface area contributed by atoms with Crippen molar-refractivity contribution in [2.75, 3.05) is 16.2 Å². The maximum Gasteiger partial charge on any atom is 0.390 e. The monoisotopic (exact) mass is 493 g/mol. The van der Waals surface area contributed by atoms with Gasteiger partial charge in [0.25, 0.3) is 0 Å². The van der Waals surface area contributed by atoms with E-state index < -0.39 is 57.3 Å². The van der Waals surface area contributed by atoms with E-state index in [0.717, 1.165) is 0 Å². The van der Waals surface area contributed by atoms with Gasteiger partial charge in [-0.25, -0.2) is 32.2 Å². The lowest BCUT2D eigenvalue weighted by Crippen LogP contribution is -2.23. The van der Waals surface area contributed by atoms with Crippen molar-refractivity contribution < 1.29 is 39.5 Å². The highest BCUT2D eigenvalue weighted by molar-refractivity contribution is 7.92. The summed E-state index contributed by atoms with van der Waals surface area (Å²) in [5, 5.41) is 0.